The minimum Gasteiger partial charge on any atom is -0.490 e. The zero-order valence-corrected chi connectivity index (χ0v) is 20.9. The molecule has 10 heteroatoms. The molecule has 1 aliphatic heterocycles. The Hall–Kier alpha value is -4.05. The third kappa shape index (κ3) is 4.85. The summed E-state index contributed by atoms with van der Waals surface area (Å²) in [5.74, 6) is 1.82. The molecule has 3 heterocycles. The topological polar surface area (TPSA) is 98.4 Å². The largest absolute Gasteiger partial charge is 0.490 e. The van der Waals surface area contributed by atoms with Crippen LogP contribution in [-0.2, 0) is 0 Å². The molecule has 184 valence electrons. The van der Waals surface area contributed by atoms with Gasteiger partial charge in [0.2, 0.25) is 11.8 Å². The van der Waals surface area contributed by atoms with E-state index < -0.39 is 0 Å². The van der Waals surface area contributed by atoms with Crippen LogP contribution in [0.2, 0.25) is 0 Å². The molecule has 4 aromatic rings. The highest BCUT2D eigenvalue weighted by Crippen LogP contribution is 2.40. The van der Waals surface area contributed by atoms with Crippen LogP contribution >= 0.6 is 11.9 Å². The van der Waals surface area contributed by atoms with Gasteiger partial charge in [-0.15, -0.1) is 0 Å². The fourth-order valence-corrected chi connectivity index (χ4v) is 4.65. The van der Waals surface area contributed by atoms with E-state index in [-0.39, 0.29) is 11.8 Å². The molecule has 0 fully saturated rings. The number of pyridine rings is 1. The lowest BCUT2D eigenvalue weighted by molar-refractivity contribution is 0.313. The third-order valence-corrected chi connectivity index (χ3v) is 6.57. The second-order valence-electron chi connectivity index (χ2n) is 8.33. The van der Waals surface area contributed by atoms with Gasteiger partial charge in [0.05, 0.1) is 24.2 Å². The standard InChI is InChI=1S/C26H25FN6O2S/c1-15-4-7-23(19(27)10-15)36-32-20-12-18(14-29-25(20)34-3)17-5-6-22-21(13-17)33(8-9-35-22)24-11-16(2)30-26(28)31-24/h4-7,10-14,32H,8-9H2,1-3H3,(H2,28,30,31). The minimum atomic E-state index is -0.286. The van der Waals surface area contributed by atoms with Crippen molar-refractivity contribution in [2.75, 3.05) is 35.6 Å². The summed E-state index contributed by atoms with van der Waals surface area (Å²) in [5, 5.41) is 0. The average molecular weight is 505 g/mol. The summed E-state index contributed by atoms with van der Waals surface area (Å²) in [4.78, 5) is 15.6. The second-order valence-corrected chi connectivity index (χ2v) is 9.18. The van der Waals surface area contributed by atoms with Crippen molar-refractivity contribution < 1.29 is 13.9 Å². The normalized spacial score (nSPS) is 12.6. The maximum atomic E-state index is 14.3. The van der Waals surface area contributed by atoms with Gasteiger partial charge in [-0.25, -0.2) is 14.4 Å². The predicted octanol–water partition coefficient (Wildman–Crippen LogP) is 5.54. The quantitative estimate of drug-likeness (QED) is 0.328. The van der Waals surface area contributed by atoms with Crippen LogP contribution in [0.4, 0.5) is 27.5 Å². The fourth-order valence-electron chi connectivity index (χ4n) is 3.99. The first kappa shape index (κ1) is 23.7. The monoisotopic (exact) mass is 504 g/mol. The third-order valence-electron chi connectivity index (χ3n) is 5.69. The molecule has 0 atom stereocenters. The van der Waals surface area contributed by atoms with Crippen LogP contribution in [0.15, 0.2) is 59.6 Å². The number of halogens is 1. The van der Waals surface area contributed by atoms with Gasteiger partial charge in [-0.05, 0) is 67.3 Å². The Morgan fingerprint density at radius 1 is 1.08 bits per heavy atom. The van der Waals surface area contributed by atoms with E-state index in [0.717, 1.165) is 33.8 Å². The van der Waals surface area contributed by atoms with E-state index in [1.165, 1.54) is 18.0 Å². The van der Waals surface area contributed by atoms with Crippen LogP contribution in [0.3, 0.4) is 0 Å². The van der Waals surface area contributed by atoms with Gasteiger partial charge in [0, 0.05) is 23.5 Å². The molecule has 5 rings (SSSR count). The summed E-state index contributed by atoms with van der Waals surface area (Å²) < 4.78 is 28.8. The molecule has 0 saturated carbocycles. The van der Waals surface area contributed by atoms with Gasteiger partial charge in [-0.1, -0.05) is 12.1 Å². The number of aromatic nitrogens is 3. The van der Waals surface area contributed by atoms with E-state index in [9.17, 15) is 4.39 Å². The average Bonchev–Trinajstić information content (AvgIpc) is 2.86. The maximum Gasteiger partial charge on any atom is 0.237 e. The number of fused-ring (bicyclic) bond motifs is 1. The first-order valence-corrected chi connectivity index (χ1v) is 12.1. The molecule has 8 nitrogen and oxygen atoms in total. The lowest BCUT2D eigenvalue weighted by Gasteiger charge is -2.31. The van der Waals surface area contributed by atoms with Gasteiger partial charge < -0.3 is 24.8 Å². The summed E-state index contributed by atoms with van der Waals surface area (Å²) in [7, 11) is 1.55. The highest BCUT2D eigenvalue weighted by molar-refractivity contribution is 8.00. The molecule has 0 saturated heterocycles. The van der Waals surface area contributed by atoms with Crippen molar-refractivity contribution >= 4 is 35.1 Å². The Bertz CT molecular complexity index is 1410. The van der Waals surface area contributed by atoms with Gasteiger partial charge in [-0.2, -0.15) is 4.98 Å². The molecule has 0 aliphatic carbocycles. The van der Waals surface area contributed by atoms with E-state index in [0.29, 0.717) is 35.4 Å². The van der Waals surface area contributed by atoms with Crippen molar-refractivity contribution in [2.24, 2.45) is 0 Å². The number of nitrogens with one attached hydrogen (secondary N) is 1. The number of rotatable bonds is 6. The molecule has 2 aromatic heterocycles. The number of aryl methyl sites for hydroxylation is 2. The highest BCUT2D eigenvalue weighted by atomic mass is 32.2. The SMILES string of the molecule is COc1ncc(-c2ccc3c(c2)N(c2cc(C)nc(N)n2)CCO3)cc1NSc1ccc(C)cc1F. The van der Waals surface area contributed by atoms with Crippen molar-refractivity contribution in [3.8, 4) is 22.8 Å². The zero-order chi connectivity index (χ0) is 25.2. The molecule has 0 spiro atoms. The number of benzene rings is 2. The van der Waals surface area contributed by atoms with Gasteiger partial charge in [-0.3, -0.25) is 0 Å². The van der Waals surface area contributed by atoms with E-state index in [1.54, 1.807) is 19.4 Å². The minimum absolute atomic E-state index is 0.229. The number of nitrogens with zero attached hydrogens (tertiary/aromatic N) is 4. The molecule has 2 aromatic carbocycles. The number of hydrogen-bond acceptors (Lipinski definition) is 9. The molecule has 0 bridgehead atoms. The van der Waals surface area contributed by atoms with E-state index >= 15 is 0 Å². The van der Waals surface area contributed by atoms with E-state index in [1.807, 2.05) is 50.2 Å². The molecule has 36 heavy (non-hydrogen) atoms. The predicted molar refractivity (Wildman–Crippen MR) is 141 cm³/mol. The van der Waals surface area contributed by atoms with Gasteiger partial charge in [0.1, 0.15) is 29.7 Å². The molecule has 1 aliphatic rings. The molecule has 3 N–H and O–H groups in total. The number of methoxy groups -OCH3 is 1. The number of nitrogen functional groups attached to an aromatic ring is 1. The summed E-state index contributed by atoms with van der Waals surface area (Å²) >= 11 is 1.17. The summed E-state index contributed by atoms with van der Waals surface area (Å²) in [6.45, 7) is 4.89. The summed E-state index contributed by atoms with van der Waals surface area (Å²) in [5.41, 5.74) is 10.8. The Balaban J connectivity index is 1.47. The van der Waals surface area contributed by atoms with Crippen LogP contribution in [-0.4, -0.2) is 35.2 Å². The van der Waals surface area contributed by atoms with Crippen molar-refractivity contribution in [1.29, 1.82) is 0 Å². The lowest BCUT2D eigenvalue weighted by atomic mass is 10.0. The summed E-state index contributed by atoms with van der Waals surface area (Å²) in [6, 6.07) is 14.9. The van der Waals surface area contributed by atoms with Crippen LogP contribution in [0, 0.1) is 19.7 Å². The smallest absolute Gasteiger partial charge is 0.237 e. The van der Waals surface area contributed by atoms with Gasteiger partial charge in [0.15, 0.2) is 0 Å². The molecular formula is C26H25FN6O2S. The van der Waals surface area contributed by atoms with E-state index in [2.05, 4.69) is 24.6 Å². The molecule has 0 radical (unpaired) electrons. The number of nitrogens with two attached hydrogens (primary N) is 1. The number of ether oxygens (including phenoxy) is 2. The van der Waals surface area contributed by atoms with Crippen molar-refractivity contribution in [1.82, 2.24) is 15.0 Å². The Kier molecular flexibility index (Phi) is 6.51. The zero-order valence-electron chi connectivity index (χ0n) is 20.1. The summed E-state index contributed by atoms with van der Waals surface area (Å²) in [6.07, 6.45) is 1.74. The van der Waals surface area contributed by atoms with Crippen molar-refractivity contribution in [3.05, 3.63) is 71.8 Å². The van der Waals surface area contributed by atoms with Crippen LogP contribution in [0.5, 0.6) is 11.6 Å². The molecule has 0 amide bonds. The second kappa shape index (κ2) is 9.90. The van der Waals surface area contributed by atoms with Crippen molar-refractivity contribution in [3.63, 3.8) is 0 Å². The van der Waals surface area contributed by atoms with Gasteiger partial charge in [0.25, 0.3) is 0 Å². The Morgan fingerprint density at radius 3 is 2.72 bits per heavy atom. The Morgan fingerprint density at radius 2 is 1.94 bits per heavy atom. The van der Waals surface area contributed by atoms with Gasteiger partial charge >= 0.3 is 0 Å². The maximum absolute atomic E-state index is 14.3. The first-order chi connectivity index (χ1) is 17.4. The van der Waals surface area contributed by atoms with Crippen molar-refractivity contribution in [2.45, 2.75) is 18.7 Å². The molecular weight excluding hydrogens is 479 g/mol. The van der Waals surface area contributed by atoms with E-state index in [4.69, 9.17) is 15.2 Å². The first-order valence-electron chi connectivity index (χ1n) is 11.3. The highest BCUT2D eigenvalue weighted by Gasteiger charge is 2.22. The van der Waals surface area contributed by atoms with Crippen LogP contribution in [0.1, 0.15) is 11.3 Å². The van der Waals surface area contributed by atoms with Crippen LogP contribution in [0.25, 0.3) is 11.1 Å². The Labute approximate surface area is 212 Å². The van der Waals surface area contributed by atoms with Crippen LogP contribution < -0.4 is 24.8 Å². The number of hydrogen-bond donors (Lipinski definition) is 2. The number of anilines is 4. The lowest BCUT2D eigenvalue weighted by Crippen LogP contribution is -2.29. The fraction of sp³-hybridized carbons (Fsp3) is 0.192. The molecule has 0 unspecified atom stereocenters.